The van der Waals surface area contributed by atoms with E-state index in [0.29, 0.717) is 16.3 Å². The molecule has 0 aliphatic heterocycles. The fraction of sp³-hybridized carbons (Fsp3) is 0.278. The van der Waals surface area contributed by atoms with Gasteiger partial charge in [0.25, 0.3) is 10.0 Å². The van der Waals surface area contributed by atoms with Crippen LogP contribution in [0.15, 0.2) is 47.4 Å². The van der Waals surface area contributed by atoms with Gasteiger partial charge in [0, 0.05) is 19.1 Å². The van der Waals surface area contributed by atoms with Crippen molar-refractivity contribution in [3.05, 3.63) is 58.6 Å². The first-order chi connectivity index (χ1) is 11.6. The topological polar surface area (TPSA) is 57.7 Å². The highest BCUT2D eigenvalue weighted by molar-refractivity contribution is 7.92. The summed E-state index contributed by atoms with van der Waals surface area (Å²) in [6, 6.07) is 11.5. The van der Waals surface area contributed by atoms with E-state index >= 15 is 0 Å². The summed E-state index contributed by atoms with van der Waals surface area (Å²) in [5.41, 5.74) is 2.06. The second-order valence-corrected chi connectivity index (χ2v) is 8.34. The molecule has 2 aromatic rings. The summed E-state index contributed by atoms with van der Waals surface area (Å²) < 4.78 is 27.5. The Bertz CT molecular complexity index is 878. The fourth-order valence-corrected chi connectivity index (χ4v) is 3.89. The Balaban J connectivity index is 2.59. The predicted molar refractivity (Wildman–Crippen MR) is 101 cm³/mol. The zero-order valence-corrected chi connectivity index (χ0v) is 16.2. The number of nitrogens with zero attached hydrogens (tertiary/aromatic N) is 2. The number of anilines is 1. The summed E-state index contributed by atoms with van der Waals surface area (Å²) in [5.74, 6) is -0.324. The van der Waals surface area contributed by atoms with Crippen molar-refractivity contribution < 1.29 is 13.2 Å². The minimum Gasteiger partial charge on any atom is -0.347 e. The summed E-state index contributed by atoms with van der Waals surface area (Å²) in [6.07, 6.45) is 0. The third-order valence-electron chi connectivity index (χ3n) is 3.83. The summed E-state index contributed by atoms with van der Waals surface area (Å²) in [7, 11) is -0.737. The molecule has 0 aromatic heterocycles. The molecule has 0 N–H and O–H groups in total. The van der Waals surface area contributed by atoms with Crippen molar-refractivity contribution in [1.29, 1.82) is 0 Å². The number of hydrogen-bond donors (Lipinski definition) is 0. The van der Waals surface area contributed by atoms with E-state index in [0.717, 1.165) is 9.87 Å². The molecular weight excluding hydrogens is 360 g/mol. The molecule has 5 nitrogen and oxygen atoms in total. The second kappa shape index (κ2) is 7.45. The number of likely N-dealkylation sites (N-methyl/N-ethyl adjacent to an activating group) is 1. The first-order valence-electron chi connectivity index (χ1n) is 7.68. The van der Waals surface area contributed by atoms with Crippen molar-refractivity contribution in [2.24, 2.45) is 0 Å². The van der Waals surface area contributed by atoms with Gasteiger partial charge in [0.2, 0.25) is 5.91 Å². The number of carbonyl (C=O) groups excluding carboxylic acids is 1. The van der Waals surface area contributed by atoms with E-state index in [1.165, 1.54) is 17.0 Å². The maximum atomic E-state index is 13.2. The average Bonchev–Trinajstić information content (AvgIpc) is 2.55. The molecule has 0 heterocycles. The lowest BCUT2D eigenvalue weighted by atomic mass is 10.2. The molecule has 0 bridgehead atoms. The molecule has 134 valence electrons. The van der Waals surface area contributed by atoms with Gasteiger partial charge in [-0.25, -0.2) is 8.42 Å². The molecule has 0 fully saturated rings. The molecule has 25 heavy (non-hydrogen) atoms. The van der Waals surface area contributed by atoms with Crippen LogP contribution in [-0.4, -0.2) is 39.9 Å². The van der Waals surface area contributed by atoms with Gasteiger partial charge in [0.05, 0.1) is 10.6 Å². The van der Waals surface area contributed by atoms with E-state index in [1.807, 2.05) is 6.92 Å². The number of halogens is 1. The van der Waals surface area contributed by atoms with Crippen molar-refractivity contribution in [1.82, 2.24) is 4.90 Å². The lowest BCUT2D eigenvalue weighted by Gasteiger charge is -2.27. The van der Waals surface area contributed by atoms with E-state index in [4.69, 9.17) is 11.6 Å². The van der Waals surface area contributed by atoms with Crippen LogP contribution in [0.5, 0.6) is 0 Å². The van der Waals surface area contributed by atoms with Crippen molar-refractivity contribution in [2.45, 2.75) is 18.7 Å². The Kier molecular flexibility index (Phi) is 5.75. The Morgan fingerprint density at radius 2 is 1.64 bits per heavy atom. The third-order valence-corrected chi connectivity index (χ3v) is 5.84. The average molecular weight is 381 g/mol. The maximum Gasteiger partial charge on any atom is 0.264 e. The smallest absolute Gasteiger partial charge is 0.264 e. The van der Waals surface area contributed by atoms with Crippen LogP contribution in [0.2, 0.25) is 5.02 Å². The van der Waals surface area contributed by atoms with Crippen LogP contribution in [0.25, 0.3) is 0 Å². The number of amides is 1. The van der Waals surface area contributed by atoms with E-state index < -0.39 is 10.0 Å². The number of rotatable bonds is 5. The summed E-state index contributed by atoms with van der Waals surface area (Å²) >= 11 is 6.06. The van der Waals surface area contributed by atoms with Crippen molar-refractivity contribution >= 4 is 33.2 Å². The van der Waals surface area contributed by atoms with Gasteiger partial charge in [-0.3, -0.25) is 9.10 Å². The number of hydrogen-bond acceptors (Lipinski definition) is 3. The van der Waals surface area contributed by atoms with Crippen molar-refractivity contribution in [3.63, 3.8) is 0 Å². The molecule has 0 aliphatic carbocycles. The first-order valence-corrected chi connectivity index (χ1v) is 9.50. The van der Waals surface area contributed by atoms with Crippen LogP contribution in [0.4, 0.5) is 5.69 Å². The van der Waals surface area contributed by atoms with Crippen molar-refractivity contribution in [3.8, 4) is 0 Å². The van der Waals surface area contributed by atoms with Crippen molar-refractivity contribution in [2.75, 3.05) is 24.9 Å². The maximum absolute atomic E-state index is 13.2. The zero-order chi connectivity index (χ0) is 18.8. The lowest BCUT2D eigenvalue weighted by molar-refractivity contribution is -0.127. The van der Waals surface area contributed by atoms with E-state index in [2.05, 4.69) is 0 Å². The van der Waals surface area contributed by atoms with E-state index in [9.17, 15) is 13.2 Å². The number of sulfonamides is 1. The van der Waals surface area contributed by atoms with Crippen LogP contribution in [0.1, 0.15) is 11.1 Å². The van der Waals surface area contributed by atoms with Crippen LogP contribution in [0.3, 0.4) is 0 Å². The normalized spacial score (nSPS) is 11.2. The molecule has 1 amide bonds. The van der Waals surface area contributed by atoms with Gasteiger partial charge in [-0.05, 0) is 43.7 Å². The minimum absolute atomic E-state index is 0.129. The molecule has 2 aromatic carbocycles. The molecule has 0 saturated carbocycles. The summed E-state index contributed by atoms with van der Waals surface area (Å²) in [4.78, 5) is 13.7. The molecule has 0 saturated heterocycles. The lowest BCUT2D eigenvalue weighted by Crippen LogP contribution is -2.40. The Labute approximate surface area is 153 Å². The van der Waals surface area contributed by atoms with E-state index in [1.54, 1.807) is 51.4 Å². The number of benzene rings is 2. The molecule has 0 unspecified atom stereocenters. The summed E-state index contributed by atoms with van der Waals surface area (Å²) in [6.45, 7) is 3.36. The van der Waals surface area contributed by atoms with Crippen LogP contribution in [0, 0.1) is 13.8 Å². The number of aryl methyl sites for hydroxylation is 2. The standard InChI is InChI=1S/C18H21ClN2O3S/c1-13-5-9-16(10-6-13)25(23,24)21(12-18(22)20(3)4)17-11-15(19)8-7-14(17)2/h5-11H,12H2,1-4H3. The monoisotopic (exact) mass is 380 g/mol. The second-order valence-electron chi connectivity index (χ2n) is 6.04. The summed E-state index contributed by atoms with van der Waals surface area (Å²) in [5, 5.41) is 0.405. The van der Waals surface area contributed by atoms with Crippen LogP contribution in [-0.2, 0) is 14.8 Å². The number of carbonyl (C=O) groups is 1. The minimum atomic E-state index is -3.91. The fourth-order valence-electron chi connectivity index (χ4n) is 2.25. The van der Waals surface area contributed by atoms with Gasteiger partial charge in [0.1, 0.15) is 6.54 Å². The molecule has 7 heteroatoms. The molecule has 2 rings (SSSR count). The highest BCUT2D eigenvalue weighted by Crippen LogP contribution is 2.29. The zero-order valence-electron chi connectivity index (χ0n) is 14.7. The van der Waals surface area contributed by atoms with Gasteiger partial charge in [-0.1, -0.05) is 35.4 Å². The molecule has 0 aliphatic rings. The largest absolute Gasteiger partial charge is 0.347 e. The molecule has 0 atom stereocenters. The highest BCUT2D eigenvalue weighted by atomic mass is 35.5. The Morgan fingerprint density at radius 1 is 1.04 bits per heavy atom. The molecule has 0 spiro atoms. The molecular formula is C18H21ClN2O3S. The molecule has 0 radical (unpaired) electrons. The van der Waals surface area contributed by atoms with E-state index in [-0.39, 0.29) is 17.3 Å². The first kappa shape index (κ1) is 19.3. The Hall–Kier alpha value is -2.05. The van der Waals surface area contributed by atoms with Gasteiger partial charge in [0.15, 0.2) is 0 Å². The quantitative estimate of drug-likeness (QED) is 0.800. The predicted octanol–water partition coefficient (Wildman–Crippen LogP) is 3.24. The van der Waals surface area contributed by atoms with Gasteiger partial charge >= 0.3 is 0 Å². The Morgan fingerprint density at radius 3 is 2.20 bits per heavy atom. The van der Waals surface area contributed by atoms with Crippen LogP contribution >= 0.6 is 11.6 Å². The van der Waals surface area contributed by atoms with Crippen LogP contribution < -0.4 is 4.31 Å². The van der Waals surface area contributed by atoms with Gasteiger partial charge in [-0.15, -0.1) is 0 Å². The third kappa shape index (κ3) is 4.32. The van der Waals surface area contributed by atoms with Gasteiger partial charge in [-0.2, -0.15) is 0 Å². The highest BCUT2D eigenvalue weighted by Gasteiger charge is 2.28. The SMILES string of the molecule is Cc1ccc(S(=O)(=O)N(CC(=O)N(C)C)c2cc(Cl)ccc2C)cc1. The van der Waals surface area contributed by atoms with Gasteiger partial charge < -0.3 is 4.90 Å².